The summed E-state index contributed by atoms with van der Waals surface area (Å²) in [5.74, 6) is 1.18. The first-order valence-corrected chi connectivity index (χ1v) is 9.29. The summed E-state index contributed by atoms with van der Waals surface area (Å²) in [7, 11) is 1.72. The topological polar surface area (TPSA) is 81.4 Å². The summed E-state index contributed by atoms with van der Waals surface area (Å²) in [6.07, 6.45) is 9.61. The Labute approximate surface area is 153 Å². The van der Waals surface area contributed by atoms with Crippen LogP contribution in [0, 0.1) is 0 Å². The Morgan fingerprint density at radius 2 is 2.35 bits per heavy atom. The molecule has 0 aliphatic carbocycles. The van der Waals surface area contributed by atoms with Crippen LogP contribution in [0.2, 0.25) is 0 Å². The largest absolute Gasteiger partial charge is 0.385 e. The van der Waals surface area contributed by atoms with Crippen LogP contribution in [0.3, 0.4) is 0 Å². The number of rotatable bonds is 8. The number of pyridine rings is 1. The summed E-state index contributed by atoms with van der Waals surface area (Å²) < 4.78 is 10.4. The summed E-state index contributed by atoms with van der Waals surface area (Å²) in [5, 5.41) is 3.98. The van der Waals surface area contributed by atoms with Gasteiger partial charge in [0.05, 0.1) is 0 Å². The highest BCUT2D eigenvalue weighted by molar-refractivity contribution is 5.76. The number of amides is 1. The monoisotopic (exact) mass is 358 g/mol. The van der Waals surface area contributed by atoms with Gasteiger partial charge in [-0.15, -0.1) is 0 Å². The average molecular weight is 358 g/mol. The number of methoxy groups -OCH3 is 1. The molecular weight excluding hydrogens is 332 g/mol. The van der Waals surface area contributed by atoms with Crippen molar-refractivity contribution < 1.29 is 14.1 Å². The molecule has 0 spiro atoms. The quantitative estimate of drug-likeness (QED) is 0.675. The van der Waals surface area contributed by atoms with Gasteiger partial charge in [0.1, 0.15) is 0 Å². The number of aromatic nitrogens is 3. The maximum atomic E-state index is 12.7. The Balaban J connectivity index is 1.53. The molecule has 0 unspecified atom stereocenters. The highest BCUT2D eigenvalue weighted by atomic mass is 16.5. The van der Waals surface area contributed by atoms with Crippen LogP contribution >= 0.6 is 0 Å². The fraction of sp³-hybridized carbons (Fsp3) is 0.579. The molecule has 7 heteroatoms. The fourth-order valence-corrected chi connectivity index (χ4v) is 3.42. The Morgan fingerprint density at radius 3 is 3.15 bits per heavy atom. The van der Waals surface area contributed by atoms with E-state index in [9.17, 15) is 4.79 Å². The molecule has 1 fully saturated rings. The van der Waals surface area contributed by atoms with Gasteiger partial charge in [0, 0.05) is 57.1 Å². The van der Waals surface area contributed by atoms with Gasteiger partial charge in [-0.2, -0.15) is 4.98 Å². The van der Waals surface area contributed by atoms with E-state index in [1.54, 1.807) is 19.5 Å². The molecule has 3 rings (SSSR count). The minimum absolute atomic E-state index is 0.174. The molecule has 0 aromatic carbocycles. The lowest BCUT2D eigenvalue weighted by molar-refractivity contribution is -0.135. The van der Waals surface area contributed by atoms with Crippen molar-refractivity contribution in [2.45, 2.75) is 51.0 Å². The first-order chi connectivity index (χ1) is 12.8. The summed E-state index contributed by atoms with van der Waals surface area (Å²) in [6, 6.07) is 4.04. The second-order valence-corrected chi connectivity index (χ2v) is 6.63. The van der Waals surface area contributed by atoms with Crippen molar-refractivity contribution in [1.29, 1.82) is 0 Å². The molecule has 0 N–H and O–H groups in total. The minimum Gasteiger partial charge on any atom is -0.385 e. The summed E-state index contributed by atoms with van der Waals surface area (Å²) >= 11 is 0. The molecule has 2 aromatic rings. The SMILES string of the molecule is COCCC[C@@H]1CCCCN1C(=O)CCc1nc(-c2cccnc2)no1. The van der Waals surface area contributed by atoms with Crippen molar-refractivity contribution in [1.82, 2.24) is 20.0 Å². The average Bonchev–Trinajstić information content (AvgIpc) is 3.16. The van der Waals surface area contributed by atoms with Crippen molar-refractivity contribution in [3.63, 3.8) is 0 Å². The standard InChI is InChI=1S/C19H26N4O3/c1-25-13-5-8-16-7-2-3-12-23(16)18(24)10-9-17-21-19(22-26-17)15-6-4-11-20-14-15/h4,6,11,14,16H,2-3,5,7-10,12-13H2,1H3/t16-/m0/s1. The highest BCUT2D eigenvalue weighted by Crippen LogP contribution is 2.22. The number of ether oxygens (including phenoxy) is 1. The van der Waals surface area contributed by atoms with Gasteiger partial charge in [0.25, 0.3) is 0 Å². The van der Waals surface area contributed by atoms with Crippen LogP contribution in [0.4, 0.5) is 0 Å². The maximum Gasteiger partial charge on any atom is 0.227 e. The molecule has 1 atom stereocenters. The molecule has 1 saturated heterocycles. The molecule has 1 aliphatic rings. The van der Waals surface area contributed by atoms with Gasteiger partial charge in [-0.05, 0) is 44.2 Å². The molecule has 1 aliphatic heterocycles. The molecule has 0 radical (unpaired) electrons. The van der Waals surface area contributed by atoms with Gasteiger partial charge >= 0.3 is 0 Å². The van der Waals surface area contributed by atoms with Gasteiger partial charge in [-0.25, -0.2) is 0 Å². The molecule has 26 heavy (non-hydrogen) atoms. The Bertz CT molecular complexity index is 689. The van der Waals surface area contributed by atoms with Crippen molar-refractivity contribution in [2.75, 3.05) is 20.3 Å². The van der Waals surface area contributed by atoms with E-state index >= 15 is 0 Å². The van der Waals surface area contributed by atoms with Crippen LogP contribution < -0.4 is 0 Å². The van der Waals surface area contributed by atoms with Crippen LogP contribution in [0.1, 0.15) is 44.4 Å². The van der Waals surface area contributed by atoms with Crippen LogP contribution in [0.5, 0.6) is 0 Å². The molecule has 140 valence electrons. The minimum atomic E-state index is 0.174. The van der Waals surface area contributed by atoms with Crippen molar-refractivity contribution in [2.24, 2.45) is 0 Å². The smallest absolute Gasteiger partial charge is 0.227 e. The lowest BCUT2D eigenvalue weighted by Gasteiger charge is -2.36. The summed E-state index contributed by atoms with van der Waals surface area (Å²) in [5.41, 5.74) is 0.808. The van der Waals surface area contributed by atoms with E-state index in [1.807, 2.05) is 17.0 Å². The summed E-state index contributed by atoms with van der Waals surface area (Å²) in [4.78, 5) is 23.2. The fourth-order valence-electron chi connectivity index (χ4n) is 3.42. The third-order valence-electron chi connectivity index (χ3n) is 4.77. The third-order valence-corrected chi connectivity index (χ3v) is 4.77. The highest BCUT2D eigenvalue weighted by Gasteiger charge is 2.26. The first-order valence-electron chi connectivity index (χ1n) is 9.29. The Kier molecular flexibility index (Phi) is 6.71. The predicted molar refractivity (Wildman–Crippen MR) is 96.3 cm³/mol. The number of hydrogen-bond acceptors (Lipinski definition) is 6. The zero-order valence-corrected chi connectivity index (χ0v) is 15.3. The molecule has 7 nitrogen and oxygen atoms in total. The van der Waals surface area contributed by atoms with E-state index in [0.29, 0.717) is 30.6 Å². The number of nitrogens with zero attached hydrogens (tertiary/aromatic N) is 4. The normalized spacial score (nSPS) is 17.4. The van der Waals surface area contributed by atoms with Crippen LogP contribution in [0.15, 0.2) is 29.0 Å². The lowest BCUT2D eigenvalue weighted by Crippen LogP contribution is -2.43. The van der Waals surface area contributed by atoms with Crippen molar-refractivity contribution in [3.05, 3.63) is 30.4 Å². The van der Waals surface area contributed by atoms with Crippen LogP contribution in [0.25, 0.3) is 11.4 Å². The van der Waals surface area contributed by atoms with E-state index in [4.69, 9.17) is 9.26 Å². The maximum absolute atomic E-state index is 12.7. The zero-order valence-electron chi connectivity index (χ0n) is 15.3. The number of carbonyl (C=O) groups excluding carboxylic acids is 1. The van der Waals surface area contributed by atoms with Crippen LogP contribution in [-0.2, 0) is 16.0 Å². The van der Waals surface area contributed by atoms with Gasteiger partial charge in [0.2, 0.25) is 17.6 Å². The molecule has 3 heterocycles. The van der Waals surface area contributed by atoms with E-state index < -0.39 is 0 Å². The van der Waals surface area contributed by atoms with E-state index in [0.717, 1.165) is 44.4 Å². The van der Waals surface area contributed by atoms with Gasteiger partial charge < -0.3 is 14.2 Å². The lowest BCUT2D eigenvalue weighted by atomic mass is 9.97. The summed E-state index contributed by atoms with van der Waals surface area (Å²) in [6.45, 7) is 1.60. The molecule has 0 saturated carbocycles. The number of likely N-dealkylation sites (tertiary alicyclic amines) is 1. The first kappa shape index (κ1) is 18.5. The number of aryl methyl sites for hydroxylation is 1. The third kappa shape index (κ3) is 4.88. The second kappa shape index (κ2) is 9.43. The molecule has 2 aromatic heterocycles. The van der Waals surface area contributed by atoms with Gasteiger partial charge in [-0.3, -0.25) is 9.78 Å². The number of hydrogen-bond donors (Lipinski definition) is 0. The Hall–Kier alpha value is -2.28. The van der Waals surface area contributed by atoms with Gasteiger partial charge in [0.15, 0.2) is 0 Å². The van der Waals surface area contributed by atoms with E-state index in [2.05, 4.69) is 15.1 Å². The molecular formula is C19H26N4O3. The molecule has 0 bridgehead atoms. The number of carbonyl (C=O) groups is 1. The second-order valence-electron chi connectivity index (χ2n) is 6.63. The number of piperidine rings is 1. The zero-order chi connectivity index (χ0) is 18.2. The predicted octanol–water partition coefficient (Wildman–Crippen LogP) is 2.87. The van der Waals surface area contributed by atoms with Gasteiger partial charge in [-0.1, -0.05) is 5.16 Å². The van der Waals surface area contributed by atoms with E-state index in [-0.39, 0.29) is 5.91 Å². The van der Waals surface area contributed by atoms with E-state index in [1.165, 1.54) is 6.42 Å². The molecule has 1 amide bonds. The van der Waals surface area contributed by atoms with Crippen LogP contribution in [-0.4, -0.2) is 52.2 Å². The Morgan fingerprint density at radius 1 is 1.42 bits per heavy atom. The van der Waals surface area contributed by atoms with Crippen molar-refractivity contribution >= 4 is 5.91 Å². The van der Waals surface area contributed by atoms with Crippen molar-refractivity contribution in [3.8, 4) is 11.4 Å².